The van der Waals surface area contributed by atoms with E-state index in [1.165, 1.54) is 6.07 Å². The van der Waals surface area contributed by atoms with E-state index in [-0.39, 0.29) is 12.3 Å². The fraction of sp³-hybridized carbons (Fsp3) is 0.0909. The van der Waals surface area contributed by atoms with Crippen LogP contribution in [0.25, 0.3) is 0 Å². The number of rotatable bonds is 6. The maximum atomic E-state index is 12.4. The van der Waals surface area contributed by atoms with Crippen molar-refractivity contribution < 1.29 is 19.4 Å². The second-order valence-electron chi connectivity index (χ2n) is 6.50. The Morgan fingerprint density at radius 3 is 2.27 bits per heavy atom. The van der Waals surface area contributed by atoms with Gasteiger partial charge >= 0.3 is 5.97 Å². The lowest BCUT2D eigenvalue weighted by Gasteiger charge is -2.13. The van der Waals surface area contributed by atoms with Crippen molar-refractivity contribution >= 4 is 52.4 Å². The molecular weight excluding hydrogens is 449 g/mol. The normalized spacial score (nSPS) is 10.5. The van der Waals surface area contributed by atoms with E-state index in [0.717, 1.165) is 5.56 Å². The van der Waals surface area contributed by atoms with E-state index in [0.29, 0.717) is 43.4 Å². The van der Waals surface area contributed by atoms with E-state index >= 15 is 0 Å². The molecule has 0 unspecified atom stereocenters. The van der Waals surface area contributed by atoms with Gasteiger partial charge in [-0.1, -0.05) is 40.9 Å². The number of nitrogens with one attached hydrogen (secondary N) is 1. The maximum Gasteiger partial charge on any atom is 0.307 e. The Balaban J connectivity index is 1.73. The average Bonchev–Trinajstić information content (AvgIpc) is 2.67. The molecule has 0 radical (unpaired) electrons. The van der Waals surface area contributed by atoms with Gasteiger partial charge in [0, 0.05) is 11.3 Å². The van der Waals surface area contributed by atoms with Crippen molar-refractivity contribution in [2.75, 3.05) is 5.32 Å². The summed E-state index contributed by atoms with van der Waals surface area (Å²) in [5.74, 6) is -0.301. The number of benzene rings is 3. The SMILES string of the molecule is Cc1cc(NC(=O)c2ccc(Cl)c(Cl)c2)ccc1Oc1ccc(CC(=O)O)cc1Cl. The van der Waals surface area contributed by atoms with Crippen LogP contribution in [0.2, 0.25) is 15.1 Å². The van der Waals surface area contributed by atoms with E-state index in [4.69, 9.17) is 44.6 Å². The first-order valence-corrected chi connectivity index (χ1v) is 9.91. The Morgan fingerprint density at radius 1 is 0.900 bits per heavy atom. The molecule has 0 aliphatic rings. The van der Waals surface area contributed by atoms with Gasteiger partial charge in [0.15, 0.2) is 0 Å². The first kappa shape index (κ1) is 22.0. The topological polar surface area (TPSA) is 75.6 Å². The van der Waals surface area contributed by atoms with Gasteiger partial charge in [0.25, 0.3) is 5.91 Å². The first-order chi connectivity index (χ1) is 14.2. The molecule has 0 atom stereocenters. The number of aryl methyl sites for hydroxylation is 1. The highest BCUT2D eigenvalue weighted by Crippen LogP contribution is 2.33. The molecule has 5 nitrogen and oxygen atoms in total. The summed E-state index contributed by atoms with van der Waals surface area (Å²) >= 11 is 18.1. The van der Waals surface area contributed by atoms with Gasteiger partial charge in [0.1, 0.15) is 11.5 Å². The van der Waals surface area contributed by atoms with Gasteiger partial charge in [-0.2, -0.15) is 0 Å². The highest BCUT2D eigenvalue weighted by molar-refractivity contribution is 6.42. The summed E-state index contributed by atoms with van der Waals surface area (Å²) in [6.45, 7) is 1.83. The highest BCUT2D eigenvalue weighted by atomic mass is 35.5. The van der Waals surface area contributed by atoms with Gasteiger partial charge < -0.3 is 15.2 Å². The van der Waals surface area contributed by atoms with Gasteiger partial charge in [-0.15, -0.1) is 0 Å². The summed E-state index contributed by atoms with van der Waals surface area (Å²) < 4.78 is 5.85. The van der Waals surface area contributed by atoms with Crippen molar-refractivity contribution in [2.24, 2.45) is 0 Å². The second kappa shape index (κ2) is 9.39. The lowest BCUT2D eigenvalue weighted by atomic mass is 10.1. The molecule has 0 spiro atoms. The molecule has 8 heteroatoms. The molecule has 2 N–H and O–H groups in total. The molecule has 0 saturated carbocycles. The summed E-state index contributed by atoms with van der Waals surface area (Å²) in [5, 5.41) is 12.7. The molecular formula is C22H16Cl3NO4. The maximum absolute atomic E-state index is 12.4. The molecule has 3 aromatic rings. The zero-order valence-electron chi connectivity index (χ0n) is 15.7. The number of hydrogen-bond donors (Lipinski definition) is 2. The minimum absolute atomic E-state index is 0.119. The largest absolute Gasteiger partial charge is 0.481 e. The van der Waals surface area contributed by atoms with E-state index in [9.17, 15) is 9.59 Å². The Labute approximate surface area is 188 Å². The fourth-order valence-electron chi connectivity index (χ4n) is 2.71. The molecule has 0 aliphatic carbocycles. The number of anilines is 1. The minimum Gasteiger partial charge on any atom is -0.481 e. The van der Waals surface area contributed by atoms with E-state index < -0.39 is 5.97 Å². The molecule has 0 heterocycles. The Hall–Kier alpha value is -2.73. The third kappa shape index (κ3) is 5.45. The van der Waals surface area contributed by atoms with Gasteiger partial charge in [0.2, 0.25) is 0 Å². The lowest BCUT2D eigenvalue weighted by molar-refractivity contribution is -0.136. The monoisotopic (exact) mass is 463 g/mol. The molecule has 0 bridgehead atoms. The number of hydrogen-bond acceptors (Lipinski definition) is 3. The highest BCUT2D eigenvalue weighted by Gasteiger charge is 2.12. The Kier molecular flexibility index (Phi) is 6.87. The van der Waals surface area contributed by atoms with Crippen LogP contribution < -0.4 is 10.1 Å². The van der Waals surface area contributed by atoms with Crippen LogP contribution in [0.15, 0.2) is 54.6 Å². The van der Waals surface area contributed by atoms with Crippen molar-refractivity contribution in [1.82, 2.24) is 0 Å². The number of carbonyl (C=O) groups excluding carboxylic acids is 1. The summed E-state index contributed by atoms with van der Waals surface area (Å²) in [5.41, 5.74) is 2.32. The van der Waals surface area contributed by atoms with Gasteiger partial charge in [0.05, 0.1) is 21.5 Å². The first-order valence-electron chi connectivity index (χ1n) is 8.78. The zero-order chi connectivity index (χ0) is 21.8. The third-order valence-electron chi connectivity index (χ3n) is 4.19. The van der Waals surface area contributed by atoms with Gasteiger partial charge in [-0.25, -0.2) is 0 Å². The number of aliphatic carboxylic acids is 1. The zero-order valence-corrected chi connectivity index (χ0v) is 18.0. The number of halogens is 3. The van der Waals surface area contributed by atoms with E-state index in [2.05, 4.69) is 5.32 Å². The Bertz CT molecular complexity index is 1130. The van der Waals surface area contributed by atoms with Crippen LogP contribution in [0, 0.1) is 6.92 Å². The summed E-state index contributed by atoms with van der Waals surface area (Å²) in [6.07, 6.45) is -0.119. The number of carboxylic acids is 1. The van der Waals surface area contributed by atoms with Gasteiger partial charge in [-0.3, -0.25) is 9.59 Å². The van der Waals surface area contributed by atoms with Crippen molar-refractivity contribution in [3.8, 4) is 11.5 Å². The molecule has 154 valence electrons. The van der Waals surface area contributed by atoms with Crippen molar-refractivity contribution in [3.05, 3.63) is 86.4 Å². The van der Waals surface area contributed by atoms with Gasteiger partial charge in [-0.05, 0) is 66.6 Å². The van der Waals surface area contributed by atoms with Crippen LogP contribution in [-0.2, 0) is 11.2 Å². The molecule has 0 fully saturated rings. The summed E-state index contributed by atoms with van der Waals surface area (Å²) in [4.78, 5) is 23.2. The molecule has 3 aromatic carbocycles. The molecule has 0 aliphatic heterocycles. The van der Waals surface area contributed by atoms with Crippen LogP contribution in [0.3, 0.4) is 0 Å². The fourth-order valence-corrected chi connectivity index (χ4v) is 3.25. The third-order valence-corrected chi connectivity index (χ3v) is 5.22. The summed E-state index contributed by atoms with van der Waals surface area (Å²) in [7, 11) is 0. The predicted octanol–water partition coefficient (Wildman–Crippen LogP) is 6.63. The van der Waals surface area contributed by atoms with Crippen LogP contribution in [0.4, 0.5) is 5.69 Å². The van der Waals surface area contributed by atoms with E-state index in [1.807, 2.05) is 6.92 Å². The minimum atomic E-state index is -0.936. The van der Waals surface area contributed by atoms with Crippen molar-refractivity contribution in [3.63, 3.8) is 0 Å². The molecule has 0 saturated heterocycles. The standard InChI is InChI=1S/C22H16Cl3NO4/c1-12-8-15(26-22(29)14-3-5-16(23)17(24)11-14)4-7-19(12)30-20-6-2-13(9-18(20)25)10-21(27)28/h2-9,11H,10H2,1H3,(H,26,29)(H,27,28). The predicted molar refractivity (Wildman–Crippen MR) is 118 cm³/mol. The van der Waals surface area contributed by atoms with Crippen LogP contribution in [0.1, 0.15) is 21.5 Å². The summed E-state index contributed by atoms with van der Waals surface area (Å²) in [6, 6.07) is 14.7. The number of carboxylic acid groups (broad SMARTS) is 1. The number of carbonyl (C=O) groups is 2. The smallest absolute Gasteiger partial charge is 0.307 e. The number of amides is 1. The molecule has 3 rings (SSSR count). The Morgan fingerprint density at radius 2 is 1.63 bits per heavy atom. The van der Waals surface area contributed by atoms with Crippen molar-refractivity contribution in [1.29, 1.82) is 0 Å². The second-order valence-corrected chi connectivity index (χ2v) is 7.72. The quantitative estimate of drug-likeness (QED) is 0.429. The van der Waals surface area contributed by atoms with Crippen LogP contribution >= 0.6 is 34.8 Å². The molecule has 0 aromatic heterocycles. The molecule has 1 amide bonds. The van der Waals surface area contributed by atoms with Crippen LogP contribution in [-0.4, -0.2) is 17.0 Å². The van der Waals surface area contributed by atoms with Crippen molar-refractivity contribution in [2.45, 2.75) is 13.3 Å². The van der Waals surface area contributed by atoms with E-state index in [1.54, 1.807) is 48.5 Å². The molecule has 30 heavy (non-hydrogen) atoms. The number of ether oxygens (including phenoxy) is 1. The van der Waals surface area contributed by atoms with Crippen LogP contribution in [0.5, 0.6) is 11.5 Å². The average molecular weight is 465 g/mol. The lowest BCUT2D eigenvalue weighted by Crippen LogP contribution is -2.12.